The van der Waals surface area contributed by atoms with E-state index < -0.39 is 23.9 Å². The minimum atomic E-state index is -1.08. The number of rotatable bonds is 6. The number of ketones is 1. The number of benzene rings is 8. The van der Waals surface area contributed by atoms with Crippen molar-refractivity contribution in [3.05, 3.63) is 237 Å². The lowest BCUT2D eigenvalue weighted by Crippen LogP contribution is -2.03. The van der Waals surface area contributed by atoms with Gasteiger partial charge in [-0.2, -0.15) is 0 Å². The standard InChI is InChI=1S/C14H10O4.C14H8O3.C14H10O2.C14H12O/c15-13(16)11-7-3-1-5-9(11)10-6-2-4-8-12(10)14(17)18;15-13-9-5-2-1-4-8(9)12-10(13)6-3-7-11(12)14(16)17;15-14(16)12-7-3-5-10-8-9-4-1-2-6-11(9)13(10)12;15-9-12-6-3-5-11-8-10-4-1-2-7-13(10)14(11)12/h1-8H,(H,15,16)(H,17,18);1-7H,(H,16,17);1-7H,8H2,(H,15,16);1-7,15H,8-9H2. The van der Waals surface area contributed by atoms with E-state index in [2.05, 4.69) is 36.4 Å². The van der Waals surface area contributed by atoms with Crippen LogP contribution in [0.2, 0.25) is 0 Å². The molecule has 0 bridgehead atoms. The van der Waals surface area contributed by atoms with Gasteiger partial charge in [-0.3, -0.25) is 4.79 Å². The van der Waals surface area contributed by atoms with Gasteiger partial charge in [-0.1, -0.05) is 152 Å². The van der Waals surface area contributed by atoms with Crippen molar-refractivity contribution in [1.29, 1.82) is 0 Å². The average Bonchev–Trinajstić information content (AvgIpc) is 4.01. The van der Waals surface area contributed by atoms with Gasteiger partial charge in [0.25, 0.3) is 0 Å². The Morgan fingerprint density at radius 1 is 0.333 bits per heavy atom. The molecule has 8 aromatic rings. The highest BCUT2D eigenvalue weighted by molar-refractivity contribution is 6.24. The van der Waals surface area contributed by atoms with E-state index in [9.17, 15) is 34.2 Å². The fraction of sp³-hybridized carbons (Fsp3) is 0.0536. The summed E-state index contributed by atoms with van der Waals surface area (Å²) in [5.74, 6) is -4.12. The molecule has 0 fully saturated rings. The van der Waals surface area contributed by atoms with E-state index in [1.807, 2.05) is 42.5 Å². The van der Waals surface area contributed by atoms with Crippen LogP contribution in [0.15, 0.2) is 176 Å². The third-order valence-corrected chi connectivity index (χ3v) is 11.7. The van der Waals surface area contributed by atoms with E-state index >= 15 is 0 Å². The Labute approximate surface area is 379 Å². The van der Waals surface area contributed by atoms with Gasteiger partial charge in [0.05, 0.1) is 28.9 Å². The van der Waals surface area contributed by atoms with Crippen molar-refractivity contribution in [2.45, 2.75) is 19.4 Å². The fourth-order valence-electron chi connectivity index (χ4n) is 8.83. The molecule has 0 spiro atoms. The number of hydrogen-bond donors (Lipinski definition) is 5. The zero-order valence-corrected chi connectivity index (χ0v) is 35.1. The summed E-state index contributed by atoms with van der Waals surface area (Å²) < 4.78 is 0. The Morgan fingerprint density at radius 2 is 0.682 bits per heavy atom. The molecule has 0 aliphatic heterocycles. The van der Waals surface area contributed by atoms with Crippen LogP contribution in [0.4, 0.5) is 0 Å². The molecule has 3 aliphatic rings. The van der Waals surface area contributed by atoms with Gasteiger partial charge in [-0.15, -0.1) is 0 Å². The predicted molar refractivity (Wildman–Crippen MR) is 250 cm³/mol. The SMILES string of the molecule is O=C(O)c1cccc2c1-c1ccccc1C2.O=C(O)c1cccc2c1-c1ccccc1C2=O.O=C(O)c1ccccc1-c1ccccc1C(=O)O.OCc1cccc2c1-c1ccccc1C2. The van der Waals surface area contributed by atoms with E-state index in [-0.39, 0.29) is 29.1 Å². The fourth-order valence-corrected chi connectivity index (χ4v) is 8.83. The summed E-state index contributed by atoms with van der Waals surface area (Å²) in [5.41, 5.74) is 14.5. The van der Waals surface area contributed by atoms with Crippen molar-refractivity contribution in [2.75, 3.05) is 0 Å². The Hall–Kier alpha value is -8.73. The first-order valence-corrected chi connectivity index (χ1v) is 20.9. The summed E-state index contributed by atoms with van der Waals surface area (Å²) in [4.78, 5) is 56.7. The summed E-state index contributed by atoms with van der Waals surface area (Å²) in [7, 11) is 0. The molecule has 0 amide bonds. The van der Waals surface area contributed by atoms with Crippen LogP contribution >= 0.6 is 0 Å². The van der Waals surface area contributed by atoms with Crippen LogP contribution in [-0.2, 0) is 19.4 Å². The van der Waals surface area contributed by atoms with E-state index in [1.54, 1.807) is 78.9 Å². The van der Waals surface area contributed by atoms with Crippen LogP contribution in [0.1, 0.15) is 85.2 Å². The molecule has 8 aromatic carbocycles. The monoisotopic (exact) mass is 872 g/mol. The molecule has 0 saturated carbocycles. The van der Waals surface area contributed by atoms with Gasteiger partial charge >= 0.3 is 23.9 Å². The van der Waals surface area contributed by atoms with E-state index in [0.717, 1.165) is 35.1 Å². The van der Waals surface area contributed by atoms with Crippen LogP contribution in [0.3, 0.4) is 0 Å². The van der Waals surface area contributed by atoms with Crippen LogP contribution in [0.5, 0.6) is 0 Å². The second-order valence-electron chi connectivity index (χ2n) is 15.5. The lowest BCUT2D eigenvalue weighted by molar-refractivity contribution is 0.0684. The molecule has 10 nitrogen and oxygen atoms in total. The molecule has 324 valence electrons. The molecule has 0 unspecified atom stereocenters. The maximum Gasteiger partial charge on any atom is 0.336 e. The summed E-state index contributed by atoms with van der Waals surface area (Å²) in [6, 6.07) is 52.7. The molecule has 0 radical (unpaired) electrons. The molecule has 0 aromatic heterocycles. The lowest BCUT2D eigenvalue weighted by atomic mass is 9.95. The van der Waals surface area contributed by atoms with E-state index in [0.29, 0.717) is 38.9 Å². The molecule has 3 aliphatic carbocycles. The predicted octanol–water partition coefficient (Wildman–Crippen LogP) is 11.1. The van der Waals surface area contributed by atoms with Crippen molar-refractivity contribution in [2.24, 2.45) is 0 Å². The first kappa shape index (κ1) is 43.9. The first-order valence-electron chi connectivity index (χ1n) is 20.9. The van der Waals surface area contributed by atoms with Crippen molar-refractivity contribution in [3.8, 4) is 44.5 Å². The van der Waals surface area contributed by atoms with Gasteiger partial charge in [0.15, 0.2) is 5.78 Å². The van der Waals surface area contributed by atoms with Gasteiger partial charge in [0, 0.05) is 16.7 Å². The Bertz CT molecular complexity index is 3180. The summed E-state index contributed by atoms with van der Waals surface area (Å²) >= 11 is 0. The van der Waals surface area contributed by atoms with Crippen LogP contribution in [0.25, 0.3) is 44.5 Å². The quantitative estimate of drug-likeness (QED) is 0.108. The molecule has 0 atom stereocenters. The third-order valence-electron chi connectivity index (χ3n) is 11.7. The number of carbonyl (C=O) groups excluding carboxylic acids is 1. The van der Waals surface area contributed by atoms with Crippen LogP contribution in [0, 0.1) is 0 Å². The van der Waals surface area contributed by atoms with Crippen LogP contribution < -0.4 is 0 Å². The molecule has 0 heterocycles. The Balaban J connectivity index is 0.000000120. The van der Waals surface area contributed by atoms with Crippen molar-refractivity contribution >= 4 is 29.7 Å². The highest BCUT2D eigenvalue weighted by Crippen LogP contribution is 2.41. The maximum absolute atomic E-state index is 12.1. The second kappa shape index (κ2) is 18.9. The number of aromatic carboxylic acids is 4. The zero-order valence-electron chi connectivity index (χ0n) is 35.1. The highest BCUT2D eigenvalue weighted by Gasteiger charge is 2.30. The molecule has 5 N–H and O–H groups in total. The normalized spacial score (nSPS) is 11.6. The van der Waals surface area contributed by atoms with Gasteiger partial charge in [0.1, 0.15) is 0 Å². The van der Waals surface area contributed by atoms with Crippen molar-refractivity contribution in [3.63, 3.8) is 0 Å². The largest absolute Gasteiger partial charge is 0.478 e. The van der Waals surface area contributed by atoms with Gasteiger partial charge in [-0.05, 0) is 104 Å². The number of aliphatic hydroxyl groups is 1. The Kier molecular flexibility index (Phi) is 12.6. The molecular weight excluding hydrogens is 833 g/mol. The van der Waals surface area contributed by atoms with Crippen molar-refractivity contribution < 1.29 is 49.5 Å². The summed E-state index contributed by atoms with van der Waals surface area (Å²) in [6.45, 7) is 0.123. The molecule has 66 heavy (non-hydrogen) atoms. The molecule has 0 saturated heterocycles. The van der Waals surface area contributed by atoms with E-state index in [1.165, 1.54) is 46.0 Å². The summed E-state index contributed by atoms with van der Waals surface area (Å²) in [6.07, 6.45) is 1.84. The number of carboxylic acid groups (broad SMARTS) is 4. The van der Waals surface area contributed by atoms with Gasteiger partial charge < -0.3 is 25.5 Å². The summed E-state index contributed by atoms with van der Waals surface area (Å²) in [5, 5.41) is 45.9. The minimum Gasteiger partial charge on any atom is -0.478 e. The number of hydrogen-bond acceptors (Lipinski definition) is 6. The Morgan fingerprint density at radius 3 is 1.20 bits per heavy atom. The number of carboxylic acids is 4. The second-order valence-corrected chi connectivity index (χ2v) is 15.5. The highest BCUT2D eigenvalue weighted by atomic mass is 16.4. The smallest absolute Gasteiger partial charge is 0.336 e. The maximum atomic E-state index is 12.1. The van der Waals surface area contributed by atoms with Gasteiger partial charge in [0.2, 0.25) is 0 Å². The minimum absolute atomic E-state index is 0.0891. The van der Waals surface area contributed by atoms with E-state index in [4.69, 9.17) is 15.3 Å². The van der Waals surface area contributed by atoms with Crippen LogP contribution in [-0.4, -0.2) is 55.2 Å². The first-order chi connectivity index (χ1) is 32.0. The number of aliphatic hydroxyl groups excluding tert-OH is 1. The number of carbonyl (C=O) groups is 5. The molecule has 11 rings (SSSR count). The topological polar surface area (TPSA) is 186 Å². The number of fused-ring (bicyclic) bond motifs is 9. The average molecular weight is 873 g/mol. The third kappa shape index (κ3) is 8.51. The zero-order chi connectivity index (χ0) is 46.5. The lowest BCUT2D eigenvalue weighted by Gasteiger charge is -2.08. The molecule has 10 heteroatoms. The van der Waals surface area contributed by atoms with Crippen molar-refractivity contribution in [1.82, 2.24) is 0 Å². The van der Waals surface area contributed by atoms with Gasteiger partial charge in [-0.25, -0.2) is 19.2 Å². The molecular formula is C56H40O10.